The van der Waals surface area contributed by atoms with E-state index in [-0.39, 0.29) is 11.6 Å². The number of aromatic amines is 1. The van der Waals surface area contributed by atoms with Gasteiger partial charge in [0.1, 0.15) is 11.9 Å². The Labute approximate surface area is 221 Å². The van der Waals surface area contributed by atoms with Gasteiger partial charge >= 0.3 is 5.97 Å². The topological polar surface area (TPSA) is 151 Å². The maximum absolute atomic E-state index is 11.3. The predicted octanol–water partition coefficient (Wildman–Crippen LogP) is 3.78. The molecular weight excluding hydrogens is 482 g/mol. The molecule has 0 fully saturated rings. The van der Waals surface area contributed by atoms with Crippen molar-refractivity contribution in [1.29, 1.82) is 0 Å². The summed E-state index contributed by atoms with van der Waals surface area (Å²) in [5.74, 6) is -1.37. The standard InChI is InChI=1S/C21H23N5O.C7H8N2O2/c22-21(27)17-8-6-15(7-9-17)12-26(13-18-11-23-14-25-18)19-5-1-3-16-4-2-10-24-20(16)19;1-4-6(7(10)11)5(2)9-3-8-4/h2,4,6-11,14,19H,1,3,5,12-13H2,(H2,22,27)(H,23,25);3H,1-2H3,(H,10,11). The highest BCUT2D eigenvalue weighted by atomic mass is 16.4. The van der Waals surface area contributed by atoms with Crippen LogP contribution < -0.4 is 5.73 Å². The first kappa shape index (κ1) is 26.6. The zero-order valence-electron chi connectivity index (χ0n) is 21.5. The van der Waals surface area contributed by atoms with Crippen molar-refractivity contribution in [1.82, 2.24) is 29.8 Å². The number of nitrogens with zero attached hydrogens (tertiary/aromatic N) is 5. The first-order valence-corrected chi connectivity index (χ1v) is 12.4. The minimum absolute atomic E-state index is 0.201. The molecule has 0 saturated carbocycles. The molecule has 0 aliphatic heterocycles. The molecular formula is C28H31N7O3. The Bertz CT molecular complexity index is 1370. The van der Waals surface area contributed by atoms with Crippen molar-refractivity contribution in [3.63, 3.8) is 0 Å². The molecule has 1 aliphatic rings. The largest absolute Gasteiger partial charge is 0.478 e. The number of hydrogen-bond donors (Lipinski definition) is 3. The molecule has 1 unspecified atom stereocenters. The van der Waals surface area contributed by atoms with Crippen molar-refractivity contribution in [3.8, 4) is 0 Å². The minimum Gasteiger partial charge on any atom is -0.478 e. The number of H-pyrrole nitrogens is 1. The third-order valence-electron chi connectivity index (χ3n) is 6.60. The molecule has 1 aromatic carbocycles. The van der Waals surface area contributed by atoms with Gasteiger partial charge in [0, 0.05) is 36.7 Å². The maximum Gasteiger partial charge on any atom is 0.339 e. The number of fused-ring (bicyclic) bond motifs is 1. The lowest BCUT2D eigenvalue weighted by atomic mass is 9.90. The predicted molar refractivity (Wildman–Crippen MR) is 141 cm³/mol. The molecule has 4 N–H and O–H groups in total. The molecule has 4 aromatic rings. The second kappa shape index (κ2) is 12.2. The zero-order valence-corrected chi connectivity index (χ0v) is 21.5. The summed E-state index contributed by atoms with van der Waals surface area (Å²) in [6.07, 6.45) is 10.1. The molecule has 0 saturated heterocycles. The number of primary amides is 1. The van der Waals surface area contributed by atoms with Gasteiger partial charge in [0.25, 0.3) is 0 Å². The smallest absolute Gasteiger partial charge is 0.339 e. The number of aromatic carboxylic acids is 1. The highest BCUT2D eigenvalue weighted by Crippen LogP contribution is 2.34. The molecule has 5 rings (SSSR count). The molecule has 3 heterocycles. The fourth-order valence-corrected chi connectivity index (χ4v) is 4.72. The SMILES string of the molecule is Cc1ncnc(C)c1C(=O)O.NC(=O)c1ccc(CN(Cc2cnc[nH]2)C2CCCc3cccnc32)cc1. The normalized spacial score (nSPS) is 14.3. The number of rotatable bonds is 7. The van der Waals surface area contributed by atoms with E-state index in [0.29, 0.717) is 17.0 Å². The summed E-state index contributed by atoms with van der Waals surface area (Å²) in [4.78, 5) is 43.9. The lowest BCUT2D eigenvalue weighted by Crippen LogP contribution is -2.31. The van der Waals surface area contributed by atoms with Gasteiger partial charge < -0.3 is 15.8 Å². The van der Waals surface area contributed by atoms with Crippen molar-refractivity contribution in [2.75, 3.05) is 0 Å². The van der Waals surface area contributed by atoms with E-state index in [0.717, 1.165) is 43.6 Å². The summed E-state index contributed by atoms with van der Waals surface area (Å²) >= 11 is 0. The van der Waals surface area contributed by atoms with Crippen LogP contribution in [0.4, 0.5) is 0 Å². The third kappa shape index (κ3) is 6.46. The molecule has 3 aromatic heterocycles. The Morgan fingerprint density at radius 1 is 1.08 bits per heavy atom. The van der Waals surface area contributed by atoms with Crippen LogP contribution in [0.2, 0.25) is 0 Å². The van der Waals surface area contributed by atoms with E-state index in [1.165, 1.54) is 17.6 Å². The Balaban J connectivity index is 0.000000257. The number of hydrogen-bond acceptors (Lipinski definition) is 7. The van der Waals surface area contributed by atoms with E-state index in [4.69, 9.17) is 15.8 Å². The number of carbonyl (C=O) groups is 2. The molecule has 196 valence electrons. The van der Waals surface area contributed by atoms with E-state index < -0.39 is 11.9 Å². The van der Waals surface area contributed by atoms with Crippen LogP contribution in [0.1, 0.15) is 73.5 Å². The highest BCUT2D eigenvalue weighted by molar-refractivity contribution is 5.92. The van der Waals surface area contributed by atoms with Gasteiger partial charge in [-0.1, -0.05) is 18.2 Å². The quantitative estimate of drug-likeness (QED) is 0.338. The first-order valence-electron chi connectivity index (χ1n) is 12.4. The van der Waals surface area contributed by atoms with Crippen LogP contribution in [0.3, 0.4) is 0 Å². The molecule has 0 radical (unpaired) electrons. The van der Waals surface area contributed by atoms with Crippen molar-refractivity contribution in [2.45, 2.75) is 52.2 Å². The van der Waals surface area contributed by atoms with Crippen LogP contribution in [0.25, 0.3) is 0 Å². The van der Waals surface area contributed by atoms with E-state index >= 15 is 0 Å². The maximum atomic E-state index is 11.3. The van der Waals surface area contributed by atoms with Crippen LogP contribution >= 0.6 is 0 Å². The number of aryl methyl sites for hydroxylation is 3. The van der Waals surface area contributed by atoms with Crippen molar-refractivity contribution < 1.29 is 14.7 Å². The number of nitrogens with two attached hydrogens (primary N) is 1. The number of nitrogens with one attached hydrogen (secondary N) is 1. The summed E-state index contributed by atoms with van der Waals surface area (Å²) in [5.41, 5.74) is 11.8. The van der Waals surface area contributed by atoms with Gasteiger partial charge in [0.15, 0.2) is 0 Å². The average molecular weight is 514 g/mol. The van der Waals surface area contributed by atoms with Crippen LogP contribution in [-0.2, 0) is 19.5 Å². The van der Waals surface area contributed by atoms with Crippen LogP contribution in [-0.4, -0.2) is 46.8 Å². The number of carboxylic acids is 1. The van der Waals surface area contributed by atoms with Crippen molar-refractivity contribution >= 4 is 11.9 Å². The Hall–Kier alpha value is -4.44. The van der Waals surface area contributed by atoms with E-state index in [1.54, 1.807) is 32.3 Å². The number of benzene rings is 1. The van der Waals surface area contributed by atoms with Crippen LogP contribution in [0.15, 0.2) is 61.4 Å². The van der Waals surface area contributed by atoms with Gasteiger partial charge in [0.05, 0.1) is 29.5 Å². The third-order valence-corrected chi connectivity index (χ3v) is 6.60. The zero-order chi connectivity index (χ0) is 27.1. The monoisotopic (exact) mass is 513 g/mol. The minimum atomic E-state index is -0.972. The molecule has 0 bridgehead atoms. The Morgan fingerprint density at radius 3 is 2.42 bits per heavy atom. The van der Waals surface area contributed by atoms with Crippen molar-refractivity contribution in [3.05, 3.63) is 106 Å². The molecule has 10 nitrogen and oxygen atoms in total. The lowest BCUT2D eigenvalue weighted by molar-refractivity contribution is 0.0694. The second-order valence-electron chi connectivity index (χ2n) is 9.22. The molecule has 1 atom stereocenters. The summed E-state index contributed by atoms with van der Waals surface area (Å²) in [5, 5.41) is 8.67. The van der Waals surface area contributed by atoms with E-state index in [1.807, 2.05) is 30.6 Å². The number of aromatic nitrogens is 5. The summed E-state index contributed by atoms with van der Waals surface area (Å²) < 4.78 is 0. The van der Waals surface area contributed by atoms with E-state index in [2.05, 4.69) is 30.9 Å². The molecule has 0 spiro atoms. The van der Waals surface area contributed by atoms with Gasteiger partial charge in [-0.15, -0.1) is 0 Å². The molecule has 1 amide bonds. The van der Waals surface area contributed by atoms with E-state index in [9.17, 15) is 9.59 Å². The average Bonchev–Trinajstić information content (AvgIpc) is 3.42. The Morgan fingerprint density at radius 2 is 1.82 bits per heavy atom. The Kier molecular flexibility index (Phi) is 8.55. The molecule has 38 heavy (non-hydrogen) atoms. The van der Waals surface area contributed by atoms with Crippen LogP contribution in [0, 0.1) is 13.8 Å². The molecule has 1 aliphatic carbocycles. The van der Waals surface area contributed by atoms with Gasteiger partial charge in [-0.25, -0.2) is 19.7 Å². The number of amides is 1. The fourth-order valence-electron chi connectivity index (χ4n) is 4.72. The number of imidazole rings is 1. The number of pyridine rings is 1. The van der Waals surface area contributed by atoms with Gasteiger partial charge in [-0.3, -0.25) is 14.7 Å². The summed E-state index contributed by atoms with van der Waals surface area (Å²) in [7, 11) is 0. The number of carbonyl (C=O) groups excluding carboxylic acids is 1. The highest BCUT2D eigenvalue weighted by Gasteiger charge is 2.27. The van der Waals surface area contributed by atoms with Crippen LogP contribution in [0.5, 0.6) is 0 Å². The van der Waals surface area contributed by atoms with Gasteiger partial charge in [-0.05, 0) is 62.4 Å². The second-order valence-corrected chi connectivity index (χ2v) is 9.22. The van der Waals surface area contributed by atoms with Crippen molar-refractivity contribution in [2.24, 2.45) is 5.73 Å². The summed E-state index contributed by atoms with van der Waals surface area (Å²) in [6, 6.07) is 12.0. The first-order chi connectivity index (χ1) is 18.3. The number of carboxylic acid groups (broad SMARTS) is 1. The lowest BCUT2D eigenvalue weighted by Gasteiger charge is -2.35. The molecule has 10 heteroatoms. The van der Waals surface area contributed by atoms with Gasteiger partial charge in [0.2, 0.25) is 5.91 Å². The summed E-state index contributed by atoms with van der Waals surface area (Å²) in [6.45, 7) is 4.83. The van der Waals surface area contributed by atoms with Gasteiger partial charge in [-0.2, -0.15) is 0 Å². The fraction of sp³-hybridized carbons (Fsp3) is 0.286.